The van der Waals surface area contributed by atoms with Gasteiger partial charge in [0, 0.05) is 29.2 Å². The molecule has 1 saturated heterocycles. The number of aliphatic hydroxyl groups is 1. The van der Waals surface area contributed by atoms with Crippen molar-refractivity contribution in [1.82, 2.24) is 4.90 Å². The summed E-state index contributed by atoms with van der Waals surface area (Å²) in [5, 5.41) is 19.9. The molecule has 0 spiro atoms. The van der Waals surface area contributed by atoms with E-state index in [0.29, 0.717) is 6.54 Å². The van der Waals surface area contributed by atoms with Crippen LogP contribution >= 0.6 is 15.9 Å². The summed E-state index contributed by atoms with van der Waals surface area (Å²) in [7, 11) is 0. The van der Waals surface area contributed by atoms with Crippen LogP contribution in [0.4, 0.5) is 5.69 Å². The Bertz CT molecular complexity index is 453. The van der Waals surface area contributed by atoms with E-state index in [2.05, 4.69) is 20.8 Å². The summed E-state index contributed by atoms with van der Waals surface area (Å²) in [5.41, 5.74) is 1.10. The largest absolute Gasteiger partial charge is 0.395 e. The molecule has 5 nitrogen and oxygen atoms in total. The molecule has 98 valence electrons. The first-order valence-corrected chi connectivity index (χ1v) is 6.69. The fourth-order valence-corrected chi connectivity index (χ4v) is 2.80. The first-order chi connectivity index (χ1) is 8.61. The zero-order chi connectivity index (χ0) is 13.1. The van der Waals surface area contributed by atoms with E-state index in [-0.39, 0.29) is 18.3 Å². The molecule has 18 heavy (non-hydrogen) atoms. The van der Waals surface area contributed by atoms with Crippen LogP contribution in [-0.2, 0) is 6.54 Å². The highest BCUT2D eigenvalue weighted by Gasteiger charge is 2.24. The third-order valence-corrected chi connectivity index (χ3v) is 4.07. The first kappa shape index (κ1) is 13.5. The molecule has 2 rings (SSSR count). The van der Waals surface area contributed by atoms with Crippen molar-refractivity contribution in [3.63, 3.8) is 0 Å². The van der Waals surface area contributed by atoms with Gasteiger partial charge in [-0.1, -0.05) is 15.9 Å². The maximum absolute atomic E-state index is 10.6. The summed E-state index contributed by atoms with van der Waals surface area (Å²) in [6, 6.07) is 5.03. The number of hydrogen-bond donors (Lipinski definition) is 1. The molecule has 1 aliphatic heterocycles. The highest BCUT2D eigenvalue weighted by molar-refractivity contribution is 9.10. The molecule has 1 heterocycles. The van der Waals surface area contributed by atoms with Crippen molar-refractivity contribution >= 4 is 21.6 Å². The molecule has 1 aromatic carbocycles. The van der Waals surface area contributed by atoms with E-state index in [1.165, 1.54) is 12.1 Å². The second kappa shape index (κ2) is 5.77. The molecule has 0 amide bonds. The van der Waals surface area contributed by atoms with Gasteiger partial charge in [0.05, 0.1) is 11.5 Å². The fourth-order valence-electron chi connectivity index (χ4n) is 2.31. The Kier molecular flexibility index (Phi) is 4.31. The van der Waals surface area contributed by atoms with E-state index >= 15 is 0 Å². The Morgan fingerprint density at radius 3 is 2.94 bits per heavy atom. The lowest BCUT2D eigenvalue weighted by molar-refractivity contribution is -0.384. The molecule has 1 N–H and O–H groups in total. The lowest BCUT2D eigenvalue weighted by atomic mass is 10.1. The zero-order valence-corrected chi connectivity index (χ0v) is 11.5. The molecular weight excluding hydrogens is 300 g/mol. The molecule has 1 unspecified atom stereocenters. The van der Waals surface area contributed by atoms with Crippen LogP contribution in [0.1, 0.15) is 18.4 Å². The molecule has 0 saturated carbocycles. The van der Waals surface area contributed by atoms with Crippen LogP contribution in [0.15, 0.2) is 22.7 Å². The van der Waals surface area contributed by atoms with Crippen molar-refractivity contribution in [2.24, 2.45) is 0 Å². The van der Waals surface area contributed by atoms with Crippen LogP contribution in [0.25, 0.3) is 0 Å². The minimum Gasteiger partial charge on any atom is -0.395 e. The standard InChI is InChI=1S/C12H15BrN2O3/c13-12-6-10(15(17)18)4-3-9(12)7-14-5-1-2-11(14)8-16/h3-4,6,11,16H,1-2,5,7-8H2. The van der Waals surface area contributed by atoms with Gasteiger partial charge in [-0.2, -0.15) is 0 Å². The molecule has 1 fully saturated rings. The van der Waals surface area contributed by atoms with Gasteiger partial charge in [-0.25, -0.2) is 0 Å². The number of rotatable bonds is 4. The summed E-state index contributed by atoms with van der Waals surface area (Å²) < 4.78 is 0.750. The summed E-state index contributed by atoms with van der Waals surface area (Å²) in [5.74, 6) is 0. The quantitative estimate of drug-likeness (QED) is 0.684. The average molecular weight is 315 g/mol. The van der Waals surface area contributed by atoms with Crippen molar-refractivity contribution in [2.45, 2.75) is 25.4 Å². The summed E-state index contributed by atoms with van der Waals surface area (Å²) >= 11 is 3.37. The molecule has 6 heteroatoms. The lowest BCUT2D eigenvalue weighted by Crippen LogP contribution is -2.31. The van der Waals surface area contributed by atoms with Gasteiger partial charge < -0.3 is 5.11 Å². The zero-order valence-electron chi connectivity index (χ0n) is 9.88. The van der Waals surface area contributed by atoms with E-state index in [1.807, 2.05) is 0 Å². The maximum Gasteiger partial charge on any atom is 0.270 e. The Hall–Kier alpha value is -0.980. The molecule has 0 aromatic heterocycles. The molecule has 1 aliphatic rings. The van der Waals surface area contributed by atoms with E-state index in [1.54, 1.807) is 6.07 Å². The van der Waals surface area contributed by atoms with Crippen LogP contribution in [0.3, 0.4) is 0 Å². The highest BCUT2D eigenvalue weighted by Crippen LogP contribution is 2.26. The van der Waals surface area contributed by atoms with Crippen LogP contribution in [0.2, 0.25) is 0 Å². The Labute approximate surface area is 114 Å². The smallest absolute Gasteiger partial charge is 0.270 e. The number of hydrogen-bond acceptors (Lipinski definition) is 4. The fraction of sp³-hybridized carbons (Fsp3) is 0.500. The number of likely N-dealkylation sites (tertiary alicyclic amines) is 1. The second-order valence-corrected chi connectivity index (χ2v) is 5.34. The first-order valence-electron chi connectivity index (χ1n) is 5.89. The Morgan fingerprint density at radius 2 is 2.33 bits per heavy atom. The normalized spacial score (nSPS) is 20.2. The van der Waals surface area contributed by atoms with Crippen LogP contribution in [0, 0.1) is 10.1 Å². The number of nitro groups is 1. The van der Waals surface area contributed by atoms with Crippen LogP contribution in [0.5, 0.6) is 0 Å². The minimum absolute atomic E-state index is 0.0887. The third-order valence-electron chi connectivity index (χ3n) is 3.33. The molecule has 1 aromatic rings. The Morgan fingerprint density at radius 1 is 1.56 bits per heavy atom. The molecule has 0 bridgehead atoms. The summed E-state index contributed by atoms with van der Waals surface area (Å²) in [6.07, 6.45) is 2.11. The van der Waals surface area contributed by atoms with E-state index < -0.39 is 4.92 Å². The predicted molar refractivity (Wildman–Crippen MR) is 71.3 cm³/mol. The SMILES string of the molecule is O=[N+]([O-])c1ccc(CN2CCCC2CO)c(Br)c1. The van der Waals surface area contributed by atoms with E-state index in [4.69, 9.17) is 0 Å². The predicted octanol–water partition coefficient (Wildman–Crippen LogP) is 2.31. The minimum atomic E-state index is -0.402. The number of nitrogens with zero attached hydrogens (tertiary/aromatic N) is 2. The molecule has 0 aliphatic carbocycles. The summed E-state index contributed by atoms with van der Waals surface area (Å²) in [4.78, 5) is 12.5. The number of benzene rings is 1. The van der Waals surface area contributed by atoms with E-state index in [0.717, 1.165) is 29.4 Å². The van der Waals surface area contributed by atoms with Crippen molar-refractivity contribution in [2.75, 3.05) is 13.2 Å². The number of aliphatic hydroxyl groups excluding tert-OH is 1. The topological polar surface area (TPSA) is 66.6 Å². The second-order valence-electron chi connectivity index (χ2n) is 4.48. The molecule has 1 atom stereocenters. The van der Waals surface area contributed by atoms with Crippen molar-refractivity contribution in [1.29, 1.82) is 0 Å². The van der Waals surface area contributed by atoms with Gasteiger partial charge in [0.1, 0.15) is 0 Å². The van der Waals surface area contributed by atoms with Crippen molar-refractivity contribution < 1.29 is 10.0 Å². The van der Waals surface area contributed by atoms with Gasteiger partial charge in [-0.15, -0.1) is 0 Å². The van der Waals surface area contributed by atoms with E-state index in [9.17, 15) is 15.2 Å². The number of halogens is 1. The van der Waals surface area contributed by atoms with Gasteiger partial charge in [0.2, 0.25) is 0 Å². The monoisotopic (exact) mass is 314 g/mol. The van der Waals surface area contributed by atoms with Gasteiger partial charge in [-0.3, -0.25) is 15.0 Å². The Balaban J connectivity index is 2.12. The third kappa shape index (κ3) is 2.88. The maximum atomic E-state index is 10.6. The number of nitro benzene ring substituents is 1. The van der Waals surface area contributed by atoms with Gasteiger partial charge in [0.15, 0.2) is 0 Å². The average Bonchev–Trinajstić information content (AvgIpc) is 2.78. The van der Waals surface area contributed by atoms with Gasteiger partial charge >= 0.3 is 0 Å². The van der Waals surface area contributed by atoms with Gasteiger partial charge in [-0.05, 0) is 31.0 Å². The van der Waals surface area contributed by atoms with Crippen LogP contribution in [-0.4, -0.2) is 34.1 Å². The van der Waals surface area contributed by atoms with Gasteiger partial charge in [0.25, 0.3) is 5.69 Å². The molecule has 0 radical (unpaired) electrons. The van der Waals surface area contributed by atoms with Crippen molar-refractivity contribution in [3.8, 4) is 0 Å². The number of non-ortho nitro benzene ring substituents is 1. The summed E-state index contributed by atoms with van der Waals surface area (Å²) in [6.45, 7) is 1.85. The highest BCUT2D eigenvalue weighted by atomic mass is 79.9. The van der Waals surface area contributed by atoms with Crippen molar-refractivity contribution in [3.05, 3.63) is 38.3 Å². The van der Waals surface area contributed by atoms with Crippen LogP contribution < -0.4 is 0 Å². The lowest BCUT2D eigenvalue weighted by Gasteiger charge is -2.23. The molecular formula is C12H15BrN2O3.